The van der Waals surface area contributed by atoms with Crippen molar-refractivity contribution in [3.63, 3.8) is 0 Å². The summed E-state index contributed by atoms with van der Waals surface area (Å²) in [6.45, 7) is 4.59. The molecule has 0 spiro atoms. The molecule has 4 heterocycles. The first-order valence-electron chi connectivity index (χ1n) is 9.66. The first-order chi connectivity index (χ1) is 14.2. The van der Waals surface area contributed by atoms with E-state index in [1.165, 1.54) is 5.56 Å². The van der Waals surface area contributed by atoms with Crippen molar-refractivity contribution >= 4 is 5.65 Å². The molecule has 4 aromatic rings. The van der Waals surface area contributed by atoms with Gasteiger partial charge in [0.05, 0.1) is 25.1 Å². The third-order valence-corrected chi connectivity index (χ3v) is 5.09. The molecule has 2 atom stereocenters. The van der Waals surface area contributed by atoms with Gasteiger partial charge in [0, 0.05) is 35.5 Å². The lowest BCUT2D eigenvalue weighted by molar-refractivity contribution is 0.283. The predicted molar refractivity (Wildman–Crippen MR) is 107 cm³/mol. The highest BCUT2D eigenvalue weighted by Crippen LogP contribution is 2.46. The maximum Gasteiger partial charge on any atom is 0.227 e. The van der Waals surface area contributed by atoms with E-state index in [2.05, 4.69) is 39.1 Å². The summed E-state index contributed by atoms with van der Waals surface area (Å²) < 4.78 is 13.6. The van der Waals surface area contributed by atoms with Crippen LogP contribution in [0.5, 0.6) is 17.5 Å². The minimum Gasteiger partial charge on any atom is -0.477 e. The van der Waals surface area contributed by atoms with Gasteiger partial charge in [0.1, 0.15) is 5.75 Å². The molecule has 0 saturated heterocycles. The third-order valence-electron chi connectivity index (χ3n) is 5.09. The van der Waals surface area contributed by atoms with E-state index in [9.17, 15) is 0 Å². The number of aromatic nitrogens is 5. The first-order valence-corrected chi connectivity index (χ1v) is 9.66. The number of fused-ring (bicyclic) bond motifs is 1. The van der Waals surface area contributed by atoms with Crippen molar-refractivity contribution in [1.82, 2.24) is 24.6 Å². The molecule has 0 unspecified atom stereocenters. The molecule has 4 aromatic heterocycles. The Balaban J connectivity index is 1.30. The number of ether oxygens (including phenoxy) is 2. The molecule has 1 saturated carbocycles. The number of aryl methyl sites for hydroxylation is 2. The van der Waals surface area contributed by atoms with Crippen LogP contribution in [0.3, 0.4) is 0 Å². The van der Waals surface area contributed by atoms with Gasteiger partial charge in [-0.2, -0.15) is 14.6 Å². The summed E-state index contributed by atoms with van der Waals surface area (Å²) >= 11 is 0. The Labute approximate surface area is 168 Å². The van der Waals surface area contributed by atoms with Gasteiger partial charge in [0.2, 0.25) is 11.8 Å². The van der Waals surface area contributed by atoms with Crippen LogP contribution >= 0.6 is 0 Å². The molecule has 29 heavy (non-hydrogen) atoms. The summed E-state index contributed by atoms with van der Waals surface area (Å²) in [5, 5.41) is 4.28. The lowest BCUT2D eigenvalue weighted by atomic mass is 10.2. The topological polar surface area (TPSA) is 74.4 Å². The fourth-order valence-corrected chi connectivity index (χ4v) is 3.33. The second kappa shape index (κ2) is 7.16. The Kier molecular flexibility index (Phi) is 4.35. The van der Waals surface area contributed by atoms with Crippen LogP contribution in [0, 0.1) is 19.8 Å². The van der Waals surface area contributed by atoms with Crippen LogP contribution in [-0.2, 0) is 0 Å². The molecule has 1 aliphatic rings. The summed E-state index contributed by atoms with van der Waals surface area (Å²) in [4.78, 5) is 13.3. The molecule has 7 heteroatoms. The van der Waals surface area contributed by atoms with E-state index in [4.69, 9.17) is 9.47 Å². The Morgan fingerprint density at radius 2 is 2.00 bits per heavy atom. The zero-order chi connectivity index (χ0) is 19.8. The summed E-state index contributed by atoms with van der Waals surface area (Å²) in [5.41, 5.74) is 3.92. The van der Waals surface area contributed by atoms with Crippen LogP contribution in [0.25, 0.3) is 5.65 Å². The number of nitrogens with zero attached hydrogens (tertiary/aromatic N) is 5. The van der Waals surface area contributed by atoms with Gasteiger partial charge in [-0.05, 0) is 44.0 Å². The largest absolute Gasteiger partial charge is 0.477 e. The highest BCUT2D eigenvalue weighted by molar-refractivity contribution is 5.44. The Bertz CT molecular complexity index is 1140. The van der Waals surface area contributed by atoms with Crippen LogP contribution in [0.2, 0.25) is 0 Å². The molecular formula is C22H21N5O2. The number of hydrogen-bond acceptors (Lipinski definition) is 6. The van der Waals surface area contributed by atoms with Gasteiger partial charge in [-0.1, -0.05) is 6.07 Å². The van der Waals surface area contributed by atoms with E-state index in [0.29, 0.717) is 41.6 Å². The Hall–Kier alpha value is -3.48. The van der Waals surface area contributed by atoms with E-state index in [1.54, 1.807) is 23.0 Å². The van der Waals surface area contributed by atoms with Crippen LogP contribution in [0.4, 0.5) is 0 Å². The van der Waals surface area contributed by atoms with Gasteiger partial charge in [-0.3, -0.25) is 9.97 Å². The maximum atomic E-state index is 6.00. The van der Waals surface area contributed by atoms with E-state index >= 15 is 0 Å². The van der Waals surface area contributed by atoms with Crippen LogP contribution in [0.1, 0.15) is 29.3 Å². The molecule has 146 valence electrons. The molecule has 1 fully saturated rings. The Morgan fingerprint density at radius 3 is 2.79 bits per heavy atom. The van der Waals surface area contributed by atoms with Gasteiger partial charge < -0.3 is 9.47 Å². The number of rotatable bonds is 6. The SMILES string of the molecule is Cc1ccc([C@H]2C[C@@H]2COc2cc(Oc3ccc(C)nc3)n3nccc3n2)nc1. The molecule has 5 rings (SSSR count). The summed E-state index contributed by atoms with van der Waals surface area (Å²) in [7, 11) is 0. The minimum atomic E-state index is 0.457. The fourth-order valence-electron chi connectivity index (χ4n) is 3.33. The monoisotopic (exact) mass is 387 g/mol. The van der Waals surface area contributed by atoms with E-state index < -0.39 is 0 Å². The van der Waals surface area contributed by atoms with Crippen molar-refractivity contribution in [2.75, 3.05) is 6.61 Å². The zero-order valence-corrected chi connectivity index (χ0v) is 16.3. The van der Waals surface area contributed by atoms with Crippen molar-refractivity contribution in [2.45, 2.75) is 26.2 Å². The molecule has 0 radical (unpaired) electrons. The van der Waals surface area contributed by atoms with Gasteiger partial charge in [-0.25, -0.2) is 0 Å². The maximum absolute atomic E-state index is 6.00. The molecule has 0 bridgehead atoms. The van der Waals surface area contributed by atoms with Crippen molar-refractivity contribution in [1.29, 1.82) is 0 Å². The lowest BCUT2D eigenvalue weighted by Crippen LogP contribution is -2.05. The van der Waals surface area contributed by atoms with Crippen molar-refractivity contribution < 1.29 is 9.47 Å². The molecule has 7 nitrogen and oxygen atoms in total. The standard InChI is InChI=1S/C22H21N5O2/c1-14-3-6-19(24-11-14)18-9-16(18)13-28-21-10-22(27-20(26-21)7-8-25-27)29-17-5-4-15(2)23-12-17/h3-8,10-12,16,18H,9,13H2,1-2H3/t16-,18+/m1/s1. The highest BCUT2D eigenvalue weighted by atomic mass is 16.5. The lowest BCUT2D eigenvalue weighted by Gasteiger charge is -2.10. The molecular weight excluding hydrogens is 366 g/mol. The van der Waals surface area contributed by atoms with Crippen LogP contribution < -0.4 is 9.47 Å². The fraction of sp³-hybridized carbons (Fsp3) is 0.273. The van der Waals surface area contributed by atoms with Gasteiger partial charge in [0.15, 0.2) is 5.65 Å². The van der Waals surface area contributed by atoms with Crippen LogP contribution in [-0.4, -0.2) is 31.2 Å². The van der Waals surface area contributed by atoms with E-state index in [0.717, 1.165) is 17.8 Å². The first kappa shape index (κ1) is 17.6. The summed E-state index contributed by atoms with van der Waals surface area (Å²) in [5.74, 6) is 2.61. The average molecular weight is 387 g/mol. The Morgan fingerprint density at radius 1 is 1.07 bits per heavy atom. The molecule has 0 aromatic carbocycles. The van der Waals surface area contributed by atoms with Crippen LogP contribution in [0.15, 0.2) is 55.0 Å². The van der Waals surface area contributed by atoms with Gasteiger partial charge >= 0.3 is 0 Å². The molecule has 0 amide bonds. The van der Waals surface area contributed by atoms with E-state index in [-0.39, 0.29) is 0 Å². The van der Waals surface area contributed by atoms with Crippen molar-refractivity contribution in [3.05, 3.63) is 71.9 Å². The summed E-state index contributed by atoms with van der Waals surface area (Å²) in [6, 6.07) is 11.6. The normalized spacial score (nSPS) is 18.0. The zero-order valence-electron chi connectivity index (χ0n) is 16.3. The molecule has 0 aliphatic heterocycles. The smallest absolute Gasteiger partial charge is 0.227 e. The predicted octanol–water partition coefficient (Wildman–Crippen LogP) is 4.11. The van der Waals surface area contributed by atoms with Gasteiger partial charge in [0.25, 0.3) is 0 Å². The molecule has 1 aliphatic carbocycles. The van der Waals surface area contributed by atoms with Crippen molar-refractivity contribution in [2.24, 2.45) is 5.92 Å². The number of hydrogen-bond donors (Lipinski definition) is 0. The average Bonchev–Trinajstić information content (AvgIpc) is 3.34. The minimum absolute atomic E-state index is 0.457. The van der Waals surface area contributed by atoms with Crippen molar-refractivity contribution in [3.8, 4) is 17.5 Å². The summed E-state index contributed by atoms with van der Waals surface area (Å²) in [6.07, 6.45) is 6.38. The highest BCUT2D eigenvalue weighted by Gasteiger charge is 2.40. The second-order valence-corrected chi connectivity index (χ2v) is 7.44. The van der Waals surface area contributed by atoms with Gasteiger partial charge in [-0.15, -0.1) is 0 Å². The molecule has 0 N–H and O–H groups in total. The van der Waals surface area contributed by atoms with E-state index in [1.807, 2.05) is 31.3 Å². The third kappa shape index (κ3) is 3.76. The second-order valence-electron chi connectivity index (χ2n) is 7.44. The quantitative estimate of drug-likeness (QED) is 0.496. The number of pyridine rings is 2.